The molecular formula is C6H6O2Si. The van der Waals surface area contributed by atoms with E-state index in [-0.39, 0.29) is 0 Å². The van der Waals surface area contributed by atoms with E-state index in [9.17, 15) is 0 Å². The fourth-order valence-electron chi connectivity index (χ4n) is 0.845. The topological polar surface area (TPSA) is 18.5 Å². The van der Waals surface area contributed by atoms with Crippen LogP contribution in [0, 0.1) is 0 Å². The first-order chi connectivity index (χ1) is 4.47. The van der Waals surface area contributed by atoms with Gasteiger partial charge >= 0.3 is 10.0 Å². The molecule has 1 heterocycles. The maximum atomic E-state index is 5.22. The third-order valence-electron chi connectivity index (χ3n) is 1.28. The normalized spacial score (nSPS) is 13.8. The summed E-state index contributed by atoms with van der Waals surface area (Å²) >= 11 is 0. The van der Waals surface area contributed by atoms with E-state index in [1.807, 2.05) is 24.3 Å². The van der Waals surface area contributed by atoms with Gasteiger partial charge in [0.15, 0.2) is 0 Å². The molecule has 1 aliphatic rings. The molecule has 0 amide bonds. The molecule has 2 rings (SSSR count). The molecular weight excluding hydrogens is 132 g/mol. The highest BCUT2D eigenvalue weighted by Gasteiger charge is 2.10. The third-order valence-corrected chi connectivity index (χ3v) is 2.14. The highest BCUT2D eigenvalue weighted by atomic mass is 28.3. The Balaban J connectivity index is 2.54. The van der Waals surface area contributed by atoms with Crippen LogP contribution in [-0.4, -0.2) is 10.0 Å². The molecule has 0 radical (unpaired) electrons. The molecule has 0 bridgehead atoms. The summed E-state index contributed by atoms with van der Waals surface area (Å²) in [7, 11) is -0.710. The molecule has 0 unspecified atom stereocenters. The number of hydrogen-bond acceptors (Lipinski definition) is 2. The lowest BCUT2D eigenvalue weighted by Crippen LogP contribution is -1.99. The van der Waals surface area contributed by atoms with Crippen molar-refractivity contribution in [1.29, 1.82) is 0 Å². The van der Waals surface area contributed by atoms with E-state index in [2.05, 4.69) is 0 Å². The minimum Gasteiger partial charge on any atom is -0.513 e. The molecule has 0 atom stereocenters. The second-order valence-electron chi connectivity index (χ2n) is 1.85. The first-order valence-electron chi connectivity index (χ1n) is 2.81. The van der Waals surface area contributed by atoms with Crippen molar-refractivity contribution in [1.82, 2.24) is 0 Å². The van der Waals surface area contributed by atoms with Gasteiger partial charge in [-0.05, 0) is 12.1 Å². The Bertz CT molecular complexity index is 201. The molecule has 46 valence electrons. The standard InChI is InChI=1S/C6H6O2Si/c1-2-4-6-5(3-1)7-9-8-6/h1-4H,9H2. The van der Waals surface area contributed by atoms with Gasteiger partial charge in [0.2, 0.25) is 0 Å². The highest BCUT2D eigenvalue weighted by molar-refractivity contribution is 6.22. The summed E-state index contributed by atoms with van der Waals surface area (Å²) in [6.07, 6.45) is 0. The van der Waals surface area contributed by atoms with E-state index in [0.29, 0.717) is 0 Å². The monoisotopic (exact) mass is 138 g/mol. The van der Waals surface area contributed by atoms with Crippen LogP contribution in [0.25, 0.3) is 0 Å². The molecule has 0 N–H and O–H groups in total. The Labute approximate surface area is 55.5 Å². The number of rotatable bonds is 0. The largest absolute Gasteiger partial charge is 0.513 e. The number of para-hydroxylation sites is 2. The van der Waals surface area contributed by atoms with Crippen molar-refractivity contribution in [3.05, 3.63) is 24.3 Å². The van der Waals surface area contributed by atoms with Gasteiger partial charge < -0.3 is 8.85 Å². The second kappa shape index (κ2) is 1.77. The predicted molar refractivity (Wildman–Crippen MR) is 36.2 cm³/mol. The van der Waals surface area contributed by atoms with Crippen LogP contribution in [0.4, 0.5) is 0 Å². The third kappa shape index (κ3) is 0.694. The van der Waals surface area contributed by atoms with Crippen LogP contribution in [0.1, 0.15) is 0 Å². The first kappa shape index (κ1) is 4.87. The smallest absolute Gasteiger partial charge is 0.427 e. The summed E-state index contributed by atoms with van der Waals surface area (Å²) in [5.74, 6) is 1.81. The zero-order chi connectivity index (χ0) is 6.10. The fraction of sp³-hybridized carbons (Fsp3) is 0. The SMILES string of the molecule is c1ccc2c(c1)O[SiH2]O2. The highest BCUT2D eigenvalue weighted by Crippen LogP contribution is 2.29. The zero-order valence-electron chi connectivity index (χ0n) is 4.83. The Hall–Kier alpha value is -0.963. The van der Waals surface area contributed by atoms with E-state index in [0.717, 1.165) is 11.5 Å². The maximum absolute atomic E-state index is 5.22. The Morgan fingerprint density at radius 1 is 1.00 bits per heavy atom. The van der Waals surface area contributed by atoms with E-state index in [4.69, 9.17) is 8.85 Å². The van der Waals surface area contributed by atoms with Crippen molar-refractivity contribution in [3.8, 4) is 11.5 Å². The van der Waals surface area contributed by atoms with Gasteiger partial charge in [-0.2, -0.15) is 0 Å². The van der Waals surface area contributed by atoms with Crippen molar-refractivity contribution < 1.29 is 8.85 Å². The van der Waals surface area contributed by atoms with Crippen LogP contribution in [0.15, 0.2) is 24.3 Å². The van der Waals surface area contributed by atoms with Gasteiger partial charge in [-0.1, -0.05) is 12.1 Å². The van der Waals surface area contributed by atoms with Crippen molar-refractivity contribution in [2.45, 2.75) is 0 Å². The summed E-state index contributed by atoms with van der Waals surface area (Å²) in [4.78, 5) is 0. The van der Waals surface area contributed by atoms with Gasteiger partial charge in [-0.25, -0.2) is 0 Å². The van der Waals surface area contributed by atoms with Gasteiger partial charge in [-0.3, -0.25) is 0 Å². The molecule has 0 fully saturated rings. The van der Waals surface area contributed by atoms with Gasteiger partial charge in [0, 0.05) is 0 Å². The lowest BCUT2D eigenvalue weighted by molar-refractivity contribution is 0.541. The van der Waals surface area contributed by atoms with Crippen molar-refractivity contribution in [3.63, 3.8) is 0 Å². The van der Waals surface area contributed by atoms with E-state index in [1.54, 1.807) is 0 Å². The van der Waals surface area contributed by atoms with Crippen LogP contribution in [-0.2, 0) is 0 Å². The van der Waals surface area contributed by atoms with Crippen molar-refractivity contribution in [2.24, 2.45) is 0 Å². The molecule has 0 aliphatic carbocycles. The summed E-state index contributed by atoms with van der Waals surface area (Å²) in [6, 6.07) is 7.74. The van der Waals surface area contributed by atoms with Crippen LogP contribution in [0.2, 0.25) is 0 Å². The molecule has 0 spiro atoms. The van der Waals surface area contributed by atoms with Crippen LogP contribution >= 0.6 is 0 Å². The van der Waals surface area contributed by atoms with Crippen LogP contribution in [0.3, 0.4) is 0 Å². The lowest BCUT2D eigenvalue weighted by atomic mass is 10.3. The molecule has 1 aromatic rings. The van der Waals surface area contributed by atoms with Gasteiger partial charge in [0.05, 0.1) is 0 Å². The molecule has 0 saturated heterocycles. The first-order valence-corrected chi connectivity index (χ1v) is 3.97. The predicted octanol–water partition coefficient (Wildman–Crippen LogP) is 0.457. The summed E-state index contributed by atoms with van der Waals surface area (Å²) in [6.45, 7) is 0. The minimum atomic E-state index is -0.710. The lowest BCUT2D eigenvalue weighted by Gasteiger charge is -1.91. The molecule has 1 aliphatic heterocycles. The average Bonchev–Trinajstić information content (AvgIpc) is 2.33. The molecule has 1 aromatic carbocycles. The quantitative estimate of drug-likeness (QED) is 0.485. The molecule has 3 heteroatoms. The molecule has 9 heavy (non-hydrogen) atoms. The van der Waals surface area contributed by atoms with Gasteiger partial charge in [0.25, 0.3) is 0 Å². The Morgan fingerprint density at radius 2 is 1.56 bits per heavy atom. The van der Waals surface area contributed by atoms with E-state index < -0.39 is 10.0 Å². The Kier molecular flexibility index (Phi) is 0.958. The number of fused-ring (bicyclic) bond motifs is 1. The molecule has 2 nitrogen and oxygen atoms in total. The Morgan fingerprint density at radius 3 is 2.11 bits per heavy atom. The van der Waals surface area contributed by atoms with E-state index in [1.165, 1.54) is 0 Å². The number of benzene rings is 1. The van der Waals surface area contributed by atoms with Crippen molar-refractivity contribution >= 4 is 10.0 Å². The number of hydrogen-bond donors (Lipinski definition) is 0. The molecule has 0 aromatic heterocycles. The maximum Gasteiger partial charge on any atom is 0.427 e. The zero-order valence-corrected chi connectivity index (χ0v) is 6.25. The second-order valence-corrected chi connectivity index (χ2v) is 2.67. The summed E-state index contributed by atoms with van der Waals surface area (Å²) < 4.78 is 10.4. The van der Waals surface area contributed by atoms with Gasteiger partial charge in [0.1, 0.15) is 11.5 Å². The minimum absolute atomic E-state index is 0.710. The van der Waals surface area contributed by atoms with Gasteiger partial charge in [-0.15, -0.1) is 0 Å². The van der Waals surface area contributed by atoms with E-state index >= 15 is 0 Å². The summed E-state index contributed by atoms with van der Waals surface area (Å²) in [5.41, 5.74) is 0. The molecule has 0 saturated carbocycles. The summed E-state index contributed by atoms with van der Waals surface area (Å²) in [5, 5.41) is 0. The van der Waals surface area contributed by atoms with Crippen molar-refractivity contribution in [2.75, 3.05) is 0 Å². The average molecular weight is 138 g/mol. The fourth-order valence-corrected chi connectivity index (χ4v) is 1.63. The van der Waals surface area contributed by atoms with Crippen LogP contribution < -0.4 is 8.85 Å². The van der Waals surface area contributed by atoms with Crippen LogP contribution in [0.5, 0.6) is 11.5 Å².